The number of methoxy groups -OCH3 is 1. The molecule has 0 fully saturated rings. The lowest BCUT2D eigenvalue weighted by Crippen LogP contribution is -2.19. The molecule has 0 saturated heterocycles. The number of hydrogen-bond donors (Lipinski definition) is 1. The van der Waals surface area contributed by atoms with E-state index in [1.807, 2.05) is 17.9 Å². The minimum atomic E-state index is 0.884. The highest BCUT2D eigenvalue weighted by Crippen LogP contribution is 1.97. The zero-order valence-corrected chi connectivity index (χ0v) is 10.4. The smallest absolute Gasteiger partial charge is 0.0492 e. The van der Waals surface area contributed by atoms with E-state index < -0.39 is 0 Å². The molecule has 0 amide bonds. The second kappa shape index (κ2) is 8.30. The summed E-state index contributed by atoms with van der Waals surface area (Å²) < 4.78 is 6.93. The van der Waals surface area contributed by atoms with Gasteiger partial charge in [0.15, 0.2) is 0 Å². The maximum absolute atomic E-state index is 5.00. The van der Waals surface area contributed by atoms with E-state index in [9.17, 15) is 0 Å². The molecule has 1 N–H and O–H groups in total. The summed E-state index contributed by atoms with van der Waals surface area (Å²) >= 11 is 0. The molecule has 0 aliphatic rings. The summed E-state index contributed by atoms with van der Waals surface area (Å²) in [7, 11) is 3.74. The molecule has 0 aliphatic heterocycles. The minimum absolute atomic E-state index is 0.884. The number of nitrogens with zero attached hydrogens (tertiary/aromatic N) is 2. The summed E-state index contributed by atoms with van der Waals surface area (Å²) in [6.07, 6.45) is 6.54. The molecule has 0 bridgehead atoms. The van der Waals surface area contributed by atoms with Crippen LogP contribution in [0, 0.1) is 0 Å². The number of unbranched alkanes of at least 4 members (excludes halogenated alkanes) is 2. The van der Waals surface area contributed by atoms with Gasteiger partial charge in [-0.2, -0.15) is 5.10 Å². The normalized spacial score (nSPS) is 10.9. The monoisotopic (exact) mass is 225 g/mol. The molecule has 1 aromatic heterocycles. The Balaban J connectivity index is 1.91. The van der Waals surface area contributed by atoms with E-state index in [4.69, 9.17) is 4.74 Å². The highest BCUT2D eigenvalue weighted by Gasteiger charge is 1.97. The first kappa shape index (κ1) is 13.2. The van der Waals surface area contributed by atoms with E-state index in [-0.39, 0.29) is 0 Å². The van der Waals surface area contributed by atoms with Crippen LogP contribution in [0.3, 0.4) is 0 Å². The van der Waals surface area contributed by atoms with Crippen LogP contribution in [-0.2, 0) is 18.2 Å². The Morgan fingerprint density at radius 3 is 2.88 bits per heavy atom. The lowest BCUT2D eigenvalue weighted by molar-refractivity contribution is 0.192. The molecule has 0 unspecified atom stereocenters. The summed E-state index contributed by atoms with van der Waals surface area (Å²) in [6.45, 7) is 3.01. The van der Waals surface area contributed by atoms with E-state index in [1.165, 1.54) is 25.0 Å². The molecular weight excluding hydrogens is 202 g/mol. The molecule has 92 valence electrons. The molecule has 0 spiro atoms. The summed E-state index contributed by atoms with van der Waals surface area (Å²) in [5.74, 6) is 0. The highest BCUT2D eigenvalue weighted by atomic mass is 16.5. The van der Waals surface area contributed by atoms with Gasteiger partial charge in [-0.05, 0) is 31.9 Å². The fourth-order valence-electron chi connectivity index (χ4n) is 1.66. The number of aromatic nitrogens is 2. The number of nitrogens with one attached hydrogen (secondary N) is 1. The van der Waals surface area contributed by atoms with Gasteiger partial charge in [0, 0.05) is 45.6 Å². The average molecular weight is 225 g/mol. The second-order valence-electron chi connectivity index (χ2n) is 4.00. The third kappa shape index (κ3) is 5.28. The predicted molar refractivity (Wildman–Crippen MR) is 65.5 cm³/mol. The molecule has 4 nitrogen and oxygen atoms in total. The molecule has 0 aromatic carbocycles. The van der Waals surface area contributed by atoms with Crippen molar-refractivity contribution in [1.29, 1.82) is 0 Å². The Hall–Kier alpha value is -0.870. The highest BCUT2D eigenvalue weighted by molar-refractivity contribution is 5.00. The third-order valence-electron chi connectivity index (χ3n) is 2.68. The maximum atomic E-state index is 5.00. The Bertz CT molecular complexity index is 273. The van der Waals surface area contributed by atoms with Crippen molar-refractivity contribution in [3.05, 3.63) is 18.0 Å². The van der Waals surface area contributed by atoms with Crippen LogP contribution in [0.1, 0.15) is 25.0 Å². The predicted octanol–water partition coefficient (Wildman–Crippen LogP) is 1.37. The SMILES string of the molecule is COCCCCCNCCc1ccnn1C. The van der Waals surface area contributed by atoms with Crippen molar-refractivity contribution in [2.45, 2.75) is 25.7 Å². The standard InChI is InChI=1S/C12H23N3O/c1-15-12(7-10-14-15)6-9-13-8-4-3-5-11-16-2/h7,10,13H,3-6,8-9,11H2,1-2H3. The Morgan fingerprint density at radius 2 is 2.19 bits per heavy atom. The molecule has 4 heteroatoms. The number of aryl methyl sites for hydroxylation is 1. The Labute approximate surface area is 98.0 Å². The molecular formula is C12H23N3O. The van der Waals surface area contributed by atoms with Gasteiger partial charge in [-0.1, -0.05) is 0 Å². The summed E-state index contributed by atoms with van der Waals surface area (Å²) in [6, 6.07) is 2.07. The van der Waals surface area contributed by atoms with Gasteiger partial charge in [-0.3, -0.25) is 4.68 Å². The Morgan fingerprint density at radius 1 is 1.31 bits per heavy atom. The van der Waals surface area contributed by atoms with Gasteiger partial charge in [-0.15, -0.1) is 0 Å². The molecule has 1 heterocycles. The van der Waals surface area contributed by atoms with E-state index in [1.54, 1.807) is 7.11 Å². The first-order valence-electron chi connectivity index (χ1n) is 6.01. The van der Waals surface area contributed by atoms with Gasteiger partial charge in [-0.25, -0.2) is 0 Å². The van der Waals surface area contributed by atoms with E-state index in [0.29, 0.717) is 0 Å². The van der Waals surface area contributed by atoms with Gasteiger partial charge in [0.1, 0.15) is 0 Å². The molecule has 0 aliphatic carbocycles. The largest absolute Gasteiger partial charge is 0.385 e. The van der Waals surface area contributed by atoms with Crippen LogP contribution in [0.2, 0.25) is 0 Å². The van der Waals surface area contributed by atoms with Gasteiger partial charge in [0.2, 0.25) is 0 Å². The minimum Gasteiger partial charge on any atom is -0.385 e. The maximum Gasteiger partial charge on any atom is 0.0492 e. The molecule has 0 radical (unpaired) electrons. The van der Waals surface area contributed by atoms with Crippen molar-refractivity contribution < 1.29 is 4.74 Å². The first-order valence-corrected chi connectivity index (χ1v) is 6.01. The number of rotatable bonds is 9. The zero-order valence-electron chi connectivity index (χ0n) is 10.4. The van der Waals surface area contributed by atoms with Crippen molar-refractivity contribution in [1.82, 2.24) is 15.1 Å². The van der Waals surface area contributed by atoms with Crippen LogP contribution >= 0.6 is 0 Å². The van der Waals surface area contributed by atoms with E-state index in [2.05, 4.69) is 16.5 Å². The van der Waals surface area contributed by atoms with Crippen LogP contribution in [0.4, 0.5) is 0 Å². The summed E-state index contributed by atoms with van der Waals surface area (Å²) in [4.78, 5) is 0. The van der Waals surface area contributed by atoms with Crippen molar-refractivity contribution in [2.24, 2.45) is 7.05 Å². The first-order chi connectivity index (χ1) is 7.84. The zero-order chi connectivity index (χ0) is 11.6. The van der Waals surface area contributed by atoms with E-state index in [0.717, 1.165) is 26.1 Å². The molecule has 0 saturated carbocycles. The molecule has 0 atom stereocenters. The van der Waals surface area contributed by atoms with E-state index >= 15 is 0 Å². The lowest BCUT2D eigenvalue weighted by atomic mass is 10.2. The second-order valence-corrected chi connectivity index (χ2v) is 4.00. The number of ether oxygens (including phenoxy) is 1. The summed E-state index contributed by atoms with van der Waals surface area (Å²) in [5, 5.41) is 7.59. The number of hydrogen-bond acceptors (Lipinski definition) is 3. The van der Waals surface area contributed by atoms with Gasteiger partial charge < -0.3 is 10.1 Å². The topological polar surface area (TPSA) is 39.1 Å². The average Bonchev–Trinajstić information content (AvgIpc) is 2.68. The molecule has 1 aromatic rings. The fraction of sp³-hybridized carbons (Fsp3) is 0.750. The quantitative estimate of drug-likeness (QED) is 0.645. The van der Waals surface area contributed by atoms with Gasteiger partial charge in [0.05, 0.1) is 0 Å². The van der Waals surface area contributed by atoms with Crippen LogP contribution in [-0.4, -0.2) is 36.6 Å². The van der Waals surface area contributed by atoms with Crippen molar-refractivity contribution in [2.75, 3.05) is 26.8 Å². The molecule has 1 rings (SSSR count). The van der Waals surface area contributed by atoms with Crippen LogP contribution < -0.4 is 5.32 Å². The lowest BCUT2D eigenvalue weighted by Gasteiger charge is -2.05. The Kier molecular flexibility index (Phi) is 6.85. The van der Waals surface area contributed by atoms with Gasteiger partial charge in [0.25, 0.3) is 0 Å². The van der Waals surface area contributed by atoms with Crippen LogP contribution in [0.25, 0.3) is 0 Å². The van der Waals surface area contributed by atoms with Crippen LogP contribution in [0.5, 0.6) is 0 Å². The van der Waals surface area contributed by atoms with Gasteiger partial charge >= 0.3 is 0 Å². The molecule has 16 heavy (non-hydrogen) atoms. The van der Waals surface area contributed by atoms with Crippen molar-refractivity contribution >= 4 is 0 Å². The van der Waals surface area contributed by atoms with Crippen molar-refractivity contribution in [3.63, 3.8) is 0 Å². The summed E-state index contributed by atoms with van der Waals surface area (Å²) in [5.41, 5.74) is 1.28. The van der Waals surface area contributed by atoms with Crippen molar-refractivity contribution in [3.8, 4) is 0 Å². The fourth-order valence-corrected chi connectivity index (χ4v) is 1.66. The third-order valence-corrected chi connectivity index (χ3v) is 2.68. The van der Waals surface area contributed by atoms with Crippen LogP contribution in [0.15, 0.2) is 12.3 Å².